The molecule has 1 aromatic rings. The second-order valence-electron chi connectivity index (χ2n) is 5.69. The normalized spacial score (nSPS) is 18.8. The summed E-state index contributed by atoms with van der Waals surface area (Å²) < 4.78 is 10.6. The Morgan fingerprint density at radius 2 is 2.17 bits per heavy atom. The summed E-state index contributed by atoms with van der Waals surface area (Å²) >= 11 is 0. The summed E-state index contributed by atoms with van der Waals surface area (Å²) in [6.45, 7) is 1.21. The largest absolute Gasteiger partial charge is 0.497 e. The number of hydrogen-bond acceptors (Lipinski definition) is 5. The molecule has 0 saturated carbocycles. The smallest absolute Gasteiger partial charge is 0.226 e. The lowest BCUT2D eigenvalue weighted by molar-refractivity contribution is -0.131. The number of carbonyl (C=O) groups is 2. The molecule has 1 aromatic carbocycles. The number of nitrogens with zero attached hydrogens (tertiary/aromatic N) is 1. The number of amides is 1. The molecule has 1 aliphatic rings. The summed E-state index contributed by atoms with van der Waals surface area (Å²) in [6.07, 6.45) is 2.20. The zero-order chi connectivity index (χ0) is 16.8. The second-order valence-corrected chi connectivity index (χ2v) is 5.69. The van der Waals surface area contributed by atoms with Crippen molar-refractivity contribution in [2.75, 3.05) is 27.8 Å². The van der Waals surface area contributed by atoms with E-state index in [9.17, 15) is 9.59 Å². The average Bonchev–Trinajstić information content (AvgIpc) is 2.93. The molecule has 0 unspecified atom stereocenters. The maximum atomic E-state index is 12.5. The standard InChI is InChI=1S/C17H24N2O4/c1-18-14(11-20)8-12-6-7-19(17(12)21)10-13-4-5-15(22-2)9-16(13)23-3/h4-5,9,11-12,14,18H,6-8,10H2,1-3H3/t12-,14-/m0/s1. The van der Waals surface area contributed by atoms with Crippen LogP contribution in [0.2, 0.25) is 0 Å². The third-order valence-electron chi connectivity index (χ3n) is 4.34. The molecule has 1 saturated heterocycles. The molecule has 1 amide bonds. The van der Waals surface area contributed by atoms with Gasteiger partial charge in [-0.1, -0.05) is 0 Å². The highest BCUT2D eigenvalue weighted by Gasteiger charge is 2.33. The highest BCUT2D eigenvalue weighted by atomic mass is 16.5. The first kappa shape index (κ1) is 17.3. The summed E-state index contributed by atoms with van der Waals surface area (Å²) in [5.41, 5.74) is 0.947. The number of methoxy groups -OCH3 is 2. The lowest BCUT2D eigenvalue weighted by Gasteiger charge is -2.19. The fourth-order valence-corrected chi connectivity index (χ4v) is 2.92. The first-order chi connectivity index (χ1) is 11.1. The van der Waals surface area contributed by atoms with Gasteiger partial charge in [0.05, 0.1) is 20.3 Å². The molecular formula is C17H24N2O4. The molecular weight excluding hydrogens is 296 g/mol. The van der Waals surface area contributed by atoms with Crippen molar-refractivity contribution in [3.63, 3.8) is 0 Å². The Kier molecular flexibility index (Phi) is 5.98. The van der Waals surface area contributed by atoms with E-state index in [0.717, 1.165) is 24.0 Å². The summed E-state index contributed by atoms with van der Waals surface area (Å²) in [7, 11) is 4.95. The van der Waals surface area contributed by atoms with E-state index in [-0.39, 0.29) is 17.9 Å². The minimum Gasteiger partial charge on any atom is -0.497 e. The molecule has 1 fully saturated rings. The van der Waals surface area contributed by atoms with Crippen LogP contribution in [0, 0.1) is 5.92 Å². The van der Waals surface area contributed by atoms with Crippen molar-refractivity contribution >= 4 is 12.2 Å². The highest BCUT2D eigenvalue weighted by molar-refractivity contribution is 5.81. The van der Waals surface area contributed by atoms with E-state index in [4.69, 9.17) is 9.47 Å². The van der Waals surface area contributed by atoms with Gasteiger partial charge in [-0.2, -0.15) is 0 Å². The fourth-order valence-electron chi connectivity index (χ4n) is 2.92. The van der Waals surface area contributed by atoms with Crippen LogP contribution in [0.1, 0.15) is 18.4 Å². The number of carbonyl (C=O) groups excluding carboxylic acids is 2. The molecule has 126 valence electrons. The number of aldehydes is 1. The maximum absolute atomic E-state index is 12.5. The molecule has 0 radical (unpaired) electrons. The predicted molar refractivity (Wildman–Crippen MR) is 86.6 cm³/mol. The molecule has 0 bridgehead atoms. The van der Waals surface area contributed by atoms with E-state index in [2.05, 4.69) is 5.32 Å². The number of ether oxygens (including phenoxy) is 2. The van der Waals surface area contributed by atoms with Crippen molar-refractivity contribution in [2.45, 2.75) is 25.4 Å². The van der Waals surface area contributed by atoms with Crippen molar-refractivity contribution < 1.29 is 19.1 Å². The first-order valence-corrected chi connectivity index (χ1v) is 7.75. The zero-order valence-electron chi connectivity index (χ0n) is 13.9. The van der Waals surface area contributed by atoms with Gasteiger partial charge in [-0.3, -0.25) is 4.79 Å². The van der Waals surface area contributed by atoms with Crippen molar-refractivity contribution in [3.8, 4) is 11.5 Å². The van der Waals surface area contributed by atoms with Crippen LogP contribution in [0.3, 0.4) is 0 Å². The van der Waals surface area contributed by atoms with E-state index in [1.165, 1.54) is 0 Å². The molecule has 6 heteroatoms. The van der Waals surface area contributed by atoms with Crippen LogP contribution in [0.25, 0.3) is 0 Å². The molecule has 0 aromatic heterocycles. The fraction of sp³-hybridized carbons (Fsp3) is 0.529. The summed E-state index contributed by atoms with van der Waals surface area (Å²) in [6, 6.07) is 5.33. The van der Waals surface area contributed by atoms with Gasteiger partial charge >= 0.3 is 0 Å². The summed E-state index contributed by atoms with van der Waals surface area (Å²) in [5.74, 6) is 1.44. The molecule has 2 rings (SSSR count). The van der Waals surface area contributed by atoms with Gasteiger partial charge in [0, 0.05) is 30.6 Å². The Morgan fingerprint density at radius 1 is 1.39 bits per heavy atom. The van der Waals surface area contributed by atoms with E-state index >= 15 is 0 Å². The zero-order valence-corrected chi connectivity index (χ0v) is 13.9. The van der Waals surface area contributed by atoms with Crippen LogP contribution in [-0.4, -0.2) is 50.9 Å². The van der Waals surface area contributed by atoms with Gasteiger partial charge in [0.15, 0.2) is 0 Å². The molecule has 1 heterocycles. The number of likely N-dealkylation sites (tertiary alicyclic amines) is 1. The number of rotatable bonds is 8. The maximum Gasteiger partial charge on any atom is 0.226 e. The van der Waals surface area contributed by atoms with Crippen LogP contribution in [-0.2, 0) is 16.1 Å². The Hall–Kier alpha value is -2.08. The van der Waals surface area contributed by atoms with Crippen molar-refractivity contribution in [1.29, 1.82) is 0 Å². The van der Waals surface area contributed by atoms with Gasteiger partial charge in [-0.25, -0.2) is 0 Å². The molecule has 0 spiro atoms. The minimum absolute atomic E-state index is 0.0955. The van der Waals surface area contributed by atoms with Gasteiger partial charge in [-0.15, -0.1) is 0 Å². The third-order valence-corrected chi connectivity index (χ3v) is 4.34. The topological polar surface area (TPSA) is 67.9 Å². The second kappa shape index (κ2) is 7.97. The first-order valence-electron chi connectivity index (χ1n) is 7.75. The molecule has 6 nitrogen and oxygen atoms in total. The molecule has 1 aliphatic heterocycles. The quantitative estimate of drug-likeness (QED) is 0.730. The summed E-state index contributed by atoms with van der Waals surface area (Å²) in [5, 5.41) is 2.92. The highest BCUT2D eigenvalue weighted by Crippen LogP contribution is 2.29. The van der Waals surface area contributed by atoms with Crippen LogP contribution in [0.15, 0.2) is 18.2 Å². The van der Waals surface area contributed by atoms with Crippen molar-refractivity contribution in [2.24, 2.45) is 5.92 Å². The predicted octanol–water partition coefficient (Wildman–Crippen LogP) is 1.23. The molecule has 2 atom stereocenters. The van der Waals surface area contributed by atoms with E-state index in [1.807, 2.05) is 23.1 Å². The molecule has 23 heavy (non-hydrogen) atoms. The van der Waals surface area contributed by atoms with E-state index in [0.29, 0.717) is 25.3 Å². The Labute approximate surface area is 136 Å². The number of benzene rings is 1. The van der Waals surface area contributed by atoms with Gasteiger partial charge in [0.1, 0.15) is 17.8 Å². The van der Waals surface area contributed by atoms with Crippen molar-refractivity contribution in [1.82, 2.24) is 10.2 Å². The minimum atomic E-state index is -0.264. The summed E-state index contributed by atoms with van der Waals surface area (Å²) in [4.78, 5) is 25.3. The molecule has 0 aliphatic carbocycles. The van der Waals surface area contributed by atoms with Crippen LogP contribution in [0.4, 0.5) is 0 Å². The lowest BCUT2D eigenvalue weighted by Crippen LogP contribution is -2.33. The van der Waals surface area contributed by atoms with Crippen LogP contribution >= 0.6 is 0 Å². The Bertz CT molecular complexity index is 562. The average molecular weight is 320 g/mol. The number of likely N-dealkylation sites (N-methyl/N-ethyl adjacent to an activating group) is 1. The molecule has 1 N–H and O–H groups in total. The Morgan fingerprint density at radius 3 is 2.78 bits per heavy atom. The van der Waals surface area contributed by atoms with Crippen LogP contribution in [0.5, 0.6) is 11.5 Å². The van der Waals surface area contributed by atoms with Gasteiger partial charge in [-0.05, 0) is 32.0 Å². The Balaban J connectivity index is 2.04. The van der Waals surface area contributed by atoms with Gasteiger partial charge in [0.25, 0.3) is 0 Å². The number of nitrogens with one attached hydrogen (secondary N) is 1. The van der Waals surface area contributed by atoms with E-state index < -0.39 is 0 Å². The van der Waals surface area contributed by atoms with Crippen molar-refractivity contribution in [3.05, 3.63) is 23.8 Å². The number of hydrogen-bond donors (Lipinski definition) is 1. The lowest BCUT2D eigenvalue weighted by atomic mass is 9.99. The monoisotopic (exact) mass is 320 g/mol. The van der Waals surface area contributed by atoms with Gasteiger partial charge < -0.3 is 24.5 Å². The SMILES string of the molecule is CN[C@H](C=O)C[C@@H]1CCN(Cc2ccc(OC)cc2OC)C1=O. The van der Waals surface area contributed by atoms with Gasteiger partial charge in [0.2, 0.25) is 5.91 Å². The van der Waals surface area contributed by atoms with E-state index in [1.54, 1.807) is 21.3 Å². The van der Waals surface area contributed by atoms with Crippen LogP contribution < -0.4 is 14.8 Å². The third kappa shape index (κ3) is 4.01.